The molecule has 1 aromatic carbocycles. The summed E-state index contributed by atoms with van der Waals surface area (Å²) in [6.07, 6.45) is 1.12. The van der Waals surface area contributed by atoms with E-state index in [9.17, 15) is 9.59 Å². The molecular formula is C16H14N2O4. The standard InChI is InChI=1S/C12H10N2.C4H4O4/c1-7-8(2)13-12-11(7)9-5-3-4-6-10(9)14-12;5-3(6)1-2-4(7)8/h3-6H,1-2H3;1-2H,(H,5,6)(H,7,8). The minimum atomic E-state index is -1.26. The number of carboxylic acids is 2. The van der Waals surface area contributed by atoms with Crippen molar-refractivity contribution in [1.29, 1.82) is 0 Å². The molecule has 3 rings (SSSR count). The van der Waals surface area contributed by atoms with Crippen LogP contribution in [0.1, 0.15) is 13.8 Å². The Hall–Kier alpha value is -3.02. The summed E-state index contributed by atoms with van der Waals surface area (Å²) >= 11 is 0. The van der Waals surface area contributed by atoms with Crippen molar-refractivity contribution in [3.05, 3.63) is 58.3 Å². The van der Waals surface area contributed by atoms with E-state index in [2.05, 4.69) is 23.0 Å². The Kier molecular flexibility index (Phi) is 4.31. The van der Waals surface area contributed by atoms with Crippen LogP contribution >= 0.6 is 0 Å². The normalized spacial score (nSPS) is 14.8. The zero-order chi connectivity index (χ0) is 16.3. The van der Waals surface area contributed by atoms with E-state index in [1.54, 1.807) is 0 Å². The number of aliphatic imine (C=N–C) groups is 1. The number of para-hydroxylation sites is 1. The van der Waals surface area contributed by atoms with Gasteiger partial charge in [-0.3, -0.25) is 0 Å². The molecule has 112 valence electrons. The minimum absolute atomic E-state index is 0.558. The maximum Gasteiger partial charge on any atom is 0.328 e. The number of aliphatic carboxylic acids is 2. The number of hydrogen-bond acceptors (Lipinski definition) is 4. The lowest BCUT2D eigenvalue weighted by Crippen LogP contribution is -2.22. The molecule has 6 heteroatoms. The number of carbonyl (C=O) groups is 2. The highest BCUT2D eigenvalue weighted by Crippen LogP contribution is 2.25. The smallest absolute Gasteiger partial charge is 0.328 e. The molecule has 0 atom stereocenters. The molecule has 6 nitrogen and oxygen atoms in total. The first kappa shape index (κ1) is 15.4. The maximum atomic E-state index is 9.55. The number of fused-ring (bicyclic) bond motifs is 2. The molecule has 22 heavy (non-hydrogen) atoms. The number of benzene rings is 1. The SMILES string of the molecule is CC1=C(C)C2=c3ccccc3=NC2=N1.O=C(O)C=CC(=O)O. The van der Waals surface area contributed by atoms with E-state index < -0.39 is 11.9 Å². The number of allylic oxidation sites excluding steroid dienone is 1. The Balaban J connectivity index is 0.000000192. The number of amidine groups is 1. The summed E-state index contributed by atoms with van der Waals surface area (Å²) < 4.78 is 0. The van der Waals surface area contributed by atoms with E-state index in [-0.39, 0.29) is 0 Å². The Morgan fingerprint density at radius 3 is 2.18 bits per heavy atom. The molecule has 2 aliphatic heterocycles. The van der Waals surface area contributed by atoms with Crippen LogP contribution < -0.4 is 10.6 Å². The molecule has 2 heterocycles. The highest BCUT2D eigenvalue weighted by atomic mass is 16.4. The molecule has 0 saturated carbocycles. The van der Waals surface area contributed by atoms with Gasteiger partial charge >= 0.3 is 11.9 Å². The quantitative estimate of drug-likeness (QED) is 0.792. The van der Waals surface area contributed by atoms with Crippen molar-refractivity contribution in [1.82, 2.24) is 0 Å². The van der Waals surface area contributed by atoms with Gasteiger partial charge < -0.3 is 10.2 Å². The first-order valence-electron chi connectivity index (χ1n) is 6.49. The van der Waals surface area contributed by atoms with Gasteiger partial charge in [-0.15, -0.1) is 0 Å². The van der Waals surface area contributed by atoms with Crippen LogP contribution in [0.3, 0.4) is 0 Å². The molecule has 0 fully saturated rings. The molecule has 2 aliphatic rings. The zero-order valence-corrected chi connectivity index (χ0v) is 12.1. The summed E-state index contributed by atoms with van der Waals surface area (Å²) in [5, 5.41) is 17.9. The van der Waals surface area contributed by atoms with E-state index in [0.29, 0.717) is 12.2 Å². The van der Waals surface area contributed by atoms with E-state index in [1.807, 2.05) is 25.1 Å². The van der Waals surface area contributed by atoms with Crippen LogP contribution in [0.4, 0.5) is 0 Å². The summed E-state index contributed by atoms with van der Waals surface area (Å²) in [5.41, 5.74) is 3.57. The maximum absolute atomic E-state index is 9.55. The molecule has 0 spiro atoms. The largest absolute Gasteiger partial charge is 0.478 e. The van der Waals surface area contributed by atoms with Gasteiger partial charge in [0, 0.05) is 28.6 Å². The van der Waals surface area contributed by atoms with Crippen molar-refractivity contribution in [3.63, 3.8) is 0 Å². The van der Waals surface area contributed by atoms with Crippen molar-refractivity contribution in [2.24, 2.45) is 9.98 Å². The van der Waals surface area contributed by atoms with Crippen LogP contribution in [-0.2, 0) is 9.59 Å². The molecule has 0 bridgehead atoms. The summed E-state index contributed by atoms with van der Waals surface area (Å²) in [7, 11) is 0. The van der Waals surface area contributed by atoms with E-state index in [4.69, 9.17) is 10.2 Å². The van der Waals surface area contributed by atoms with Crippen molar-refractivity contribution in [2.75, 3.05) is 0 Å². The highest BCUT2D eigenvalue weighted by Gasteiger charge is 2.22. The second-order valence-electron chi connectivity index (χ2n) is 4.66. The van der Waals surface area contributed by atoms with Crippen molar-refractivity contribution in [2.45, 2.75) is 13.8 Å². The molecule has 1 aromatic rings. The van der Waals surface area contributed by atoms with Crippen molar-refractivity contribution >= 4 is 23.3 Å². The average Bonchev–Trinajstić information content (AvgIpc) is 2.94. The van der Waals surface area contributed by atoms with Crippen molar-refractivity contribution < 1.29 is 19.8 Å². The topological polar surface area (TPSA) is 99.3 Å². The number of nitrogens with zero attached hydrogens (tertiary/aromatic N) is 2. The third-order valence-electron chi connectivity index (χ3n) is 3.18. The second-order valence-corrected chi connectivity index (χ2v) is 4.66. The van der Waals surface area contributed by atoms with E-state index >= 15 is 0 Å². The molecule has 0 aromatic heterocycles. The zero-order valence-electron chi connectivity index (χ0n) is 12.1. The van der Waals surface area contributed by atoms with Crippen LogP contribution in [0.25, 0.3) is 5.57 Å². The minimum Gasteiger partial charge on any atom is -0.478 e. The lowest BCUT2D eigenvalue weighted by molar-refractivity contribution is -0.134. The summed E-state index contributed by atoms with van der Waals surface area (Å²) in [6.45, 7) is 4.14. The highest BCUT2D eigenvalue weighted by molar-refractivity contribution is 6.26. The third-order valence-corrected chi connectivity index (χ3v) is 3.18. The molecule has 0 unspecified atom stereocenters. The van der Waals surface area contributed by atoms with Gasteiger partial charge in [-0.25, -0.2) is 19.6 Å². The van der Waals surface area contributed by atoms with E-state index in [1.165, 1.54) is 16.4 Å². The fraction of sp³-hybridized carbons (Fsp3) is 0.125. The lowest BCUT2D eigenvalue weighted by Gasteiger charge is -1.94. The summed E-state index contributed by atoms with van der Waals surface area (Å²) in [6, 6.07) is 8.20. The molecule has 0 saturated heterocycles. The van der Waals surface area contributed by atoms with Gasteiger partial charge in [-0.05, 0) is 25.5 Å². The summed E-state index contributed by atoms with van der Waals surface area (Å²) in [5.74, 6) is -1.62. The predicted octanol–water partition coefficient (Wildman–Crippen LogP) is 0.888. The number of carboxylic acid groups (broad SMARTS) is 2. The van der Waals surface area contributed by atoms with Gasteiger partial charge in [-0.1, -0.05) is 18.2 Å². The Bertz CT molecular complexity index is 844. The molecule has 2 N–H and O–H groups in total. The predicted molar refractivity (Wildman–Crippen MR) is 80.9 cm³/mol. The Morgan fingerprint density at radius 1 is 1.00 bits per heavy atom. The van der Waals surface area contributed by atoms with Gasteiger partial charge in [0.2, 0.25) is 0 Å². The van der Waals surface area contributed by atoms with Crippen LogP contribution in [0.2, 0.25) is 0 Å². The van der Waals surface area contributed by atoms with Gasteiger partial charge in [0.05, 0.1) is 5.36 Å². The molecule has 0 aliphatic carbocycles. The van der Waals surface area contributed by atoms with Crippen molar-refractivity contribution in [3.8, 4) is 0 Å². The lowest BCUT2D eigenvalue weighted by atomic mass is 10.1. The van der Waals surface area contributed by atoms with Crippen LogP contribution in [0.15, 0.2) is 57.7 Å². The Morgan fingerprint density at radius 2 is 1.59 bits per heavy atom. The first-order valence-corrected chi connectivity index (χ1v) is 6.49. The fourth-order valence-electron chi connectivity index (χ4n) is 2.09. The first-order chi connectivity index (χ1) is 10.4. The van der Waals surface area contributed by atoms with Crippen LogP contribution in [0.5, 0.6) is 0 Å². The molecular weight excluding hydrogens is 284 g/mol. The third kappa shape index (κ3) is 3.17. The Labute approximate surface area is 126 Å². The van der Waals surface area contributed by atoms with E-state index in [0.717, 1.165) is 16.9 Å². The van der Waals surface area contributed by atoms with Gasteiger partial charge in [-0.2, -0.15) is 0 Å². The monoisotopic (exact) mass is 298 g/mol. The van der Waals surface area contributed by atoms with Gasteiger partial charge in [0.15, 0.2) is 5.84 Å². The average molecular weight is 298 g/mol. The second kappa shape index (κ2) is 6.17. The number of hydrogen-bond donors (Lipinski definition) is 2. The van der Waals surface area contributed by atoms with Gasteiger partial charge in [0.25, 0.3) is 0 Å². The van der Waals surface area contributed by atoms with Gasteiger partial charge in [0.1, 0.15) is 0 Å². The fourth-order valence-corrected chi connectivity index (χ4v) is 2.09. The van der Waals surface area contributed by atoms with Crippen LogP contribution in [-0.4, -0.2) is 28.0 Å². The molecule has 0 radical (unpaired) electrons. The number of rotatable bonds is 2. The molecule has 0 amide bonds. The summed E-state index contributed by atoms with van der Waals surface area (Å²) in [4.78, 5) is 28.0. The van der Waals surface area contributed by atoms with Crippen LogP contribution in [0, 0.1) is 0 Å².